The number of carbonyl (C=O) groups is 1. The molecule has 3 nitrogen and oxygen atoms in total. The van der Waals surface area contributed by atoms with E-state index in [4.69, 9.17) is 11.5 Å². The van der Waals surface area contributed by atoms with E-state index in [9.17, 15) is 9.18 Å². The lowest BCUT2D eigenvalue weighted by molar-refractivity contribution is -0.119. The van der Waals surface area contributed by atoms with Gasteiger partial charge in [0.25, 0.3) is 0 Å². The number of amides is 1. The summed E-state index contributed by atoms with van der Waals surface area (Å²) in [6.07, 6.45) is 2.11. The fourth-order valence-corrected chi connectivity index (χ4v) is 1.32. The molecule has 15 heavy (non-hydrogen) atoms. The van der Waals surface area contributed by atoms with Crippen molar-refractivity contribution in [2.24, 2.45) is 11.5 Å². The van der Waals surface area contributed by atoms with Crippen molar-refractivity contribution < 1.29 is 9.18 Å². The highest BCUT2D eigenvalue weighted by Crippen LogP contribution is 2.07. The molecular weight excluding hydrogens is 195 g/mol. The van der Waals surface area contributed by atoms with Crippen molar-refractivity contribution in [1.29, 1.82) is 0 Å². The lowest BCUT2D eigenvalue weighted by atomic mass is 10.0. The standard InChI is InChI=1S/C11H15FN2O/c12-9-6-4-8(5-7-9)2-1-3-10(13)11(14)15/h4-7,10H,1-3,13H2,(H2,14,15). The van der Waals surface area contributed by atoms with Crippen LogP contribution in [-0.4, -0.2) is 11.9 Å². The van der Waals surface area contributed by atoms with E-state index in [0.29, 0.717) is 6.42 Å². The highest BCUT2D eigenvalue weighted by molar-refractivity contribution is 5.79. The minimum atomic E-state index is -0.578. The van der Waals surface area contributed by atoms with Gasteiger partial charge in [-0.15, -0.1) is 0 Å². The Balaban J connectivity index is 2.32. The van der Waals surface area contributed by atoms with Crippen molar-refractivity contribution in [3.63, 3.8) is 0 Å². The van der Waals surface area contributed by atoms with Crippen LogP contribution in [0, 0.1) is 5.82 Å². The van der Waals surface area contributed by atoms with Gasteiger partial charge in [-0.3, -0.25) is 4.79 Å². The summed E-state index contributed by atoms with van der Waals surface area (Å²) in [4.78, 5) is 10.6. The number of primary amides is 1. The molecule has 1 aromatic carbocycles. The molecule has 82 valence electrons. The molecule has 0 fully saturated rings. The maximum Gasteiger partial charge on any atom is 0.234 e. The number of rotatable bonds is 5. The molecule has 1 rings (SSSR count). The molecule has 0 aliphatic heterocycles. The van der Waals surface area contributed by atoms with Crippen molar-refractivity contribution in [3.05, 3.63) is 35.6 Å². The van der Waals surface area contributed by atoms with E-state index < -0.39 is 11.9 Å². The Morgan fingerprint density at radius 2 is 1.93 bits per heavy atom. The van der Waals surface area contributed by atoms with Gasteiger partial charge < -0.3 is 11.5 Å². The molecule has 0 aromatic heterocycles. The topological polar surface area (TPSA) is 69.1 Å². The van der Waals surface area contributed by atoms with Gasteiger partial charge in [-0.1, -0.05) is 12.1 Å². The average molecular weight is 210 g/mol. The van der Waals surface area contributed by atoms with Crippen LogP contribution in [0.2, 0.25) is 0 Å². The molecule has 0 radical (unpaired) electrons. The first-order valence-electron chi connectivity index (χ1n) is 4.89. The Morgan fingerprint density at radius 3 is 2.47 bits per heavy atom. The summed E-state index contributed by atoms with van der Waals surface area (Å²) in [6.45, 7) is 0. The largest absolute Gasteiger partial charge is 0.368 e. The Labute approximate surface area is 88.3 Å². The fraction of sp³-hybridized carbons (Fsp3) is 0.364. The van der Waals surface area contributed by atoms with Crippen LogP contribution in [0.15, 0.2) is 24.3 Å². The summed E-state index contributed by atoms with van der Waals surface area (Å²) in [5.74, 6) is -0.721. The molecule has 0 spiro atoms. The third-order valence-corrected chi connectivity index (χ3v) is 2.26. The van der Waals surface area contributed by atoms with Gasteiger partial charge in [-0.25, -0.2) is 4.39 Å². The van der Waals surface area contributed by atoms with Crippen molar-refractivity contribution in [2.45, 2.75) is 25.3 Å². The van der Waals surface area contributed by atoms with E-state index in [0.717, 1.165) is 18.4 Å². The summed E-state index contributed by atoms with van der Waals surface area (Å²) >= 11 is 0. The third-order valence-electron chi connectivity index (χ3n) is 2.26. The summed E-state index contributed by atoms with van der Waals surface area (Å²) in [6, 6.07) is 5.72. The van der Waals surface area contributed by atoms with E-state index in [-0.39, 0.29) is 5.82 Å². The number of nitrogens with two attached hydrogens (primary N) is 2. The monoisotopic (exact) mass is 210 g/mol. The molecule has 0 saturated heterocycles. The number of hydrogen-bond acceptors (Lipinski definition) is 2. The van der Waals surface area contributed by atoms with Gasteiger partial charge in [0.05, 0.1) is 6.04 Å². The molecule has 0 aliphatic rings. The van der Waals surface area contributed by atoms with Crippen LogP contribution in [-0.2, 0) is 11.2 Å². The van der Waals surface area contributed by atoms with Crippen molar-refractivity contribution in [2.75, 3.05) is 0 Å². The molecule has 1 aromatic rings. The number of benzene rings is 1. The van der Waals surface area contributed by atoms with E-state index in [1.54, 1.807) is 12.1 Å². The van der Waals surface area contributed by atoms with Crippen LogP contribution in [0.25, 0.3) is 0 Å². The molecule has 4 heteroatoms. The highest BCUT2D eigenvalue weighted by atomic mass is 19.1. The first-order valence-corrected chi connectivity index (χ1v) is 4.89. The predicted octanol–water partition coefficient (Wildman–Crippen LogP) is 0.961. The normalized spacial score (nSPS) is 12.4. The molecule has 1 atom stereocenters. The number of carbonyl (C=O) groups excluding carboxylic acids is 1. The number of halogens is 1. The molecule has 1 unspecified atom stereocenters. The lowest BCUT2D eigenvalue weighted by Crippen LogP contribution is -2.36. The summed E-state index contributed by atoms with van der Waals surface area (Å²) in [5, 5.41) is 0. The Morgan fingerprint density at radius 1 is 1.33 bits per heavy atom. The molecular formula is C11H15FN2O. The summed E-state index contributed by atoms with van der Waals surface area (Å²) in [7, 11) is 0. The van der Waals surface area contributed by atoms with Gasteiger partial charge in [-0.2, -0.15) is 0 Å². The second-order valence-corrected chi connectivity index (χ2v) is 3.53. The minimum absolute atomic E-state index is 0.243. The zero-order chi connectivity index (χ0) is 11.3. The molecule has 0 bridgehead atoms. The fourth-order valence-electron chi connectivity index (χ4n) is 1.32. The highest BCUT2D eigenvalue weighted by Gasteiger charge is 2.07. The predicted molar refractivity (Wildman–Crippen MR) is 56.5 cm³/mol. The number of aryl methyl sites for hydroxylation is 1. The van der Waals surface area contributed by atoms with Gasteiger partial charge in [-0.05, 0) is 37.0 Å². The molecule has 1 amide bonds. The van der Waals surface area contributed by atoms with E-state index >= 15 is 0 Å². The molecule has 0 heterocycles. The van der Waals surface area contributed by atoms with Gasteiger partial charge in [0.1, 0.15) is 5.82 Å². The Hall–Kier alpha value is -1.42. The first kappa shape index (κ1) is 11.7. The zero-order valence-corrected chi connectivity index (χ0v) is 8.45. The van der Waals surface area contributed by atoms with Crippen molar-refractivity contribution in [1.82, 2.24) is 0 Å². The van der Waals surface area contributed by atoms with Crippen LogP contribution in [0.5, 0.6) is 0 Å². The van der Waals surface area contributed by atoms with Crippen LogP contribution in [0.3, 0.4) is 0 Å². The van der Waals surface area contributed by atoms with Crippen molar-refractivity contribution >= 4 is 5.91 Å². The van der Waals surface area contributed by atoms with Crippen LogP contribution >= 0.6 is 0 Å². The van der Waals surface area contributed by atoms with E-state index in [1.165, 1.54) is 12.1 Å². The maximum absolute atomic E-state index is 12.6. The van der Waals surface area contributed by atoms with Crippen LogP contribution < -0.4 is 11.5 Å². The SMILES string of the molecule is NC(=O)C(N)CCCc1ccc(F)cc1. The van der Waals surface area contributed by atoms with Gasteiger partial charge in [0, 0.05) is 0 Å². The number of hydrogen-bond donors (Lipinski definition) is 2. The van der Waals surface area contributed by atoms with Gasteiger partial charge >= 0.3 is 0 Å². The van der Waals surface area contributed by atoms with Gasteiger partial charge in [0.2, 0.25) is 5.91 Å². The first-order chi connectivity index (χ1) is 7.09. The second-order valence-electron chi connectivity index (χ2n) is 3.53. The smallest absolute Gasteiger partial charge is 0.234 e. The maximum atomic E-state index is 12.6. The molecule has 0 saturated carbocycles. The molecule has 0 aliphatic carbocycles. The third kappa shape index (κ3) is 4.08. The quantitative estimate of drug-likeness (QED) is 0.760. The summed E-state index contributed by atoms with van der Waals surface area (Å²) in [5.41, 5.74) is 11.5. The van der Waals surface area contributed by atoms with Crippen molar-refractivity contribution in [3.8, 4) is 0 Å². The second kappa shape index (κ2) is 5.46. The van der Waals surface area contributed by atoms with Crippen LogP contribution in [0.4, 0.5) is 4.39 Å². The zero-order valence-electron chi connectivity index (χ0n) is 8.45. The summed E-state index contributed by atoms with van der Waals surface area (Å²) < 4.78 is 12.6. The van der Waals surface area contributed by atoms with Crippen LogP contribution in [0.1, 0.15) is 18.4 Å². The van der Waals surface area contributed by atoms with E-state index in [2.05, 4.69) is 0 Å². The van der Waals surface area contributed by atoms with Gasteiger partial charge in [0.15, 0.2) is 0 Å². The Kier molecular flexibility index (Phi) is 4.24. The average Bonchev–Trinajstić information content (AvgIpc) is 2.20. The van der Waals surface area contributed by atoms with E-state index in [1.807, 2.05) is 0 Å². The minimum Gasteiger partial charge on any atom is -0.368 e. The Bertz CT molecular complexity index is 324. The lowest BCUT2D eigenvalue weighted by Gasteiger charge is -2.06. The molecule has 4 N–H and O–H groups in total.